The summed E-state index contributed by atoms with van der Waals surface area (Å²) in [5, 5.41) is 14.1. The van der Waals surface area contributed by atoms with Crippen LogP contribution < -0.4 is 5.32 Å². The summed E-state index contributed by atoms with van der Waals surface area (Å²) in [5.41, 5.74) is 1.65. The van der Waals surface area contributed by atoms with Crippen molar-refractivity contribution in [3.05, 3.63) is 55.2 Å². The minimum Gasteiger partial charge on any atom is -0.380 e. The number of benzene rings is 1. The molecule has 1 N–H and O–H groups in total. The van der Waals surface area contributed by atoms with Gasteiger partial charge >= 0.3 is 0 Å². The third-order valence-corrected chi connectivity index (χ3v) is 3.99. The Morgan fingerprint density at radius 2 is 2.16 bits per heavy atom. The van der Waals surface area contributed by atoms with Crippen molar-refractivity contribution < 1.29 is 4.92 Å². The van der Waals surface area contributed by atoms with Crippen LogP contribution in [0.4, 0.5) is 11.4 Å². The molecule has 2 aromatic rings. The van der Waals surface area contributed by atoms with Crippen LogP contribution in [-0.2, 0) is 13.0 Å². The lowest BCUT2D eigenvalue weighted by atomic mass is 10.1. The van der Waals surface area contributed by atoms with Crippen molar-refractivity contribution in [2.24, 2.45) is 0 Å². The second-order valence-corrected chi connectivity index (χ2v) is 5.81. The van der Waals surface area contributed by atoms with E-state index in [4.69, 9.17) is 11.6 Å². The second kappa shape index (κ2) is 6.04. The van der Waals surface area contributed by atoms with Crippen LogP contribution in [0.3, 0.4) is 0 Å². The van der Waals surface area contributed by atoms with Gasteiger partial charge in [-0.2, -0.15) is 0 Å². The standard InChI is InChI=1S/C13H13ClN2O2S/c1-2-9-3-4-10(7-12(9)16(17)18)15-8-11-5-6-13(14)19-11/h3-7,15H,2,8H2,1H3. The Hall–Kier alpha value is -1.59. The summed E-state index contributed by atoms with van der Waals surface area (Å²) in [5.74, 6) is 0. The largest absolute Gasteiger partial charge is 0.380 e. The topological polar surface area (TPSA) is 55.2 Å². The summed E-state index contributed by atoms with van der Waals surface area (Å²) in [7, 11) is 0. The third-order valence-electron chi connectivity index (χ3n) is 2.76. The number of hydrogen-bond acceptors (Lipinski definition) is 4. The molecular formula is C13H13ClN2O2S. The van der Waals surface area contributed by atoms with Crippen LogP contribution in [-0.4, -0.2) is 4.92 Å². The normalized spacial score (nSPS) is 10.4. The molecule has 0 aliphatic carbocycles. The minimum atomic E-state index is -0.341. The first-order chi connectivity index (χ1) is 9.10. The number of nitro benzene ring substituents is 1. The van der Waals surface area contributed by atoms with E-state index in [0.717, 1.165) is 20.5 Å². The van der Waals surface area contributed by atoms with Crippen molar-refractivity contribution in [1.29, 1.82) is 0 Å². The summed E-state index contributed by atoms with van der Waals surface area (Å²) < 4.78 is 0.740. The Balaban J connectivity index is 2.12. The number of rotatable bonds is 5. The number of anilines is 1. The molecule has 0 fully saturated rings. The summed E-state index contributed by atoms with van der Waals surface area (Å²) in [6.45, 7) is 2.52. The van der Waals surface area contributed by atoms with E-state index in [1.807, 2.05) is 25.1 Å². The first-order valence-corrected chi connectivity index (χ1v) is 7.05. The van der Waals surface area contributed by atoms with Gasteiger partial charge in [-0.1, -0.05) is 24.6 Å². The zero-order valence-corrected chi connectivity index (χ0v) is 11.9. The van der Waals surface area contributed by atoms with E-state index in [1.165, 1.54) is 11.3 Å². The second-order valence-electron chi connectivity index (χ2n) is 4.01. The molecule has 0 aliphatic heterocycles. The van der Waals surface area contributed by atoms with Crippen LogP contribution in [0.25, 0.3) is 0 Å². The summed E-state index contributed by atoms with van der Waals surface area (Å²) >= 11 is 7.34. The summed E-state index contributed by atoms with van der Waals surface area (Å²) in [6.07, 6.45) is 0.650. The van der Waals surface area contributed by atoms with Crippen molar-refractivity contribution in [2.75, 3.05) is 5.32 Å². The number of aryl methyl sites for hydroxylation is 1. The highest BCUT2D eigenvalue weighted by Gasteiger charge is 2.12. The lowest BCUT2D eigenvalue weighted by molar-refractivity contribution is -0.385. The SMILES string of the molecule is CCc1ccc(NCc2ccc(Cl)s2)cc1[N+](=O)[O-]. The van der Waals surface area contributed by atoms with Gasteiger partial charge in [0.1, 0.15) is 0 Å². The smallest absolute Gasteiger partial charge is 0.274 e. The number of hydrogen-bond donors (Lipinski definition) is 1. The van der Waals surface area contributed by atoms with Gasteiger partial charge in [-0.15, -0.1) is 11.3 Å². The van der Waals surface area contributed by atoms with Crippen molar-refractivity contribution in [3.63, 3.8) is 0 Å². The van der Waals surface area contributed by atoms with Gasteiger partial charge in [-0.05, 0) is 24.6 Å². The molecule has 2 rings (SSSR count). The van der Waals surface area contributed by atoms with Crippen molar-refractivity contribution in [3.8, 4) is 0 Å². The highest BCUT2D eigenvalue weighted by atomic mass is 35.5. The molecule has 1 aromatic heterocycles. The Labute approximate surface area is 120 Å². The summed E-state index contributed by atoms with van der Waals surface area (Å²) in [4.78, 5) is 11.7. The molecule has 0 aliphatic rings. The highest BCUT2D eigenvalue weighted by Crippen LogP contribution is 2.25. The predicted octanol–water partition coefficient (Wildman–Crippen LogP) is 4.48. The van der Waals surface area contributed by atoms with Crippen LogP contribution in [0.5, 0.6) is 0 Å². The molecule has 0 atom stereocenters. The Morgan fingerprint density at radius 3 is 2.74 bits per heavy atom. The van der Waals surface area contributed by atoms with Crippen LogP contribution in [0.1, 0.15) is 17.4 Å². The average Bonchev–Trinajstić information content (AvgIpc) is 2.81. The fourth-order valence-corrected chi connectivity index (χ4v) is 2.81. The number of nitro groups is 1. The lowest BCUT2D eigenvalue weighted by Crippen LogP contribution is -2.00. The maximum atomic E-state index is 11.0. The molecule has 100 valence electrons. The van der Waals surface area contributed by atoms with E-state index in [2.05, 4.69) is 5.32 Å². The Bertz CT molecular complexity index is 598. The molecule has 0 unspecified atom stereocenters. The molecular weight excluding hydrogens is 284 g/mol. The van der Waals surface area contributed by atoms with Gasteiger partial charge in [0.05, 0.1) is 9.26 Å². The number of nitrogens with zero attached hydrogens (tertiary/aromatic N) is 1. The quantitative estimate of drug-likeness (QED) is 0.653. The zero-order valence-electron chi connectivity index (χ0n) is 10.4. The highest BCUT2D eigenvalue weighted by molar-refractivity contribution is 7.16. The van der Waals surface area contributed by atoms with Gasteiger partial charge in [0.2, 0.25) is 0 Å². The van der Waals surface area contributed by atoms with E-state index >= 15 is 0 Å². The van der Waals surface area contributed by atoms with Gasteiger partial charge in [-0.3, -0.25) is 10.1 Å². The fourth-order valence-electron chi connectivity index (χ4n) is 1.78. The van der Waals surface area contributed by atoms with Gasteiger partial charge in [0, 0.05) is 28.7 Å². The third kappa shape index (κ3) is 3.45. The van der Waals surface area contributed by atoms with Crippen molar-refractivity contribution >= 4 is 34.3 Å². The van der Waals surface area contributed by atoms with Gasteiger partial charge in [0.15, 0.2) is 0 Å². The zero-order chi connectivity index (χ0) is 13.8. The van der Waals surface area contributed by atoms with Gasteiger partial charge in [0.25, 0.3) is 5.69 Å². The van der Waals surface area contributed by atoms with E-state index in [-0.39, 0.29) is 10.6 Å². The molecule has 0 bridgehead atoms. The molecule has 0 amide bonds. The van der Waals surface area contributed by atoms with Gasteiger partial charge < -0.3 is 5.32 Å². The minimum absolute atomic E-state index is 0.164. The van der Waals surface area contributed by atoms with Crippen LogP contribution in [0, 0.1) is 10.1 Å². The molecule has 0 spiro atoms. The maximum Gasteiger partial charge on any atom is 0.274 e. The van der Waals surface area contributed by atoms with E-state index < -0.39 is 0 Å². The number of halogens is 1. The van der Waals surface area contributed by atoms with Crippen molar-refractivity contribution in [2.45, 2.75) is 19.9 Å². The summed E-state index contributed by atoms with van der Waals surface area (Å²) in [6, 6.07) is 9.01. The molecule has 1 heterocycles. The number of nitrogens with one attached hydrogen (secondary N) is 1. The molecule has 4 nitrogen and oxygen atoms in total. The Kier molecular flexibility index (Phi) is 4.39. The monoisotopic (exact) mass is 296 g/mol. The van der Waals surface area contributed by atoms with E-state index in [0.29, 0.717) is 13.0 Å². The molecule has 6 heteroatoms. The molecule has 0 radical (unpaired) electrons. The first-order valence-electron chi connectivity index (χ1n) is 5.85. The Morgan fingerprint density at radius 1 is 1.37 bits per heavy atom. The van der Waals surface area contributed by atoms with Gasteiger partial charge in [-0.25, -0.2) is 0 Å². The first kappa shape index (κ1) is 13.8. The maximum absolute atomic E-state index is 11.0. The predicted molar refractivity (Wildman–Crippen MR) is 79.1 cm³/mol. The van der Waals surface area contributed by atoms with E-state index in [9.17, 15) is 10.1 Å². The average molecular weight is 297 g/mol. The van der Waals surface area contributed by atoms with Crippen LogP contribution in [0.15, 0.2) is 30.3 Å². The molecule has 19 heavy (non-hydrogen) atoms. The fraction of sp³-hybridized carbons (Fsp3) is 0.231. The van der Waals surface area contributed by atoms with Crippen molar-refractivity contribution in [1.82, 2.24) is 0 Å². The van der Waals surface area contributed by atoms with Crippen LogP contribution >= 0.6 is 22.9 Å². The number of thiophene rings is 1. The van der Waals surface area contributed by atoms with E-state index in [1.54, 1.807) is 12.1 Å². The molecule has 0 saturated carbocycles. The molecule has 1 aromatic carbocycles. The van der Waals surface area contributed by atoms with Crippen LogP contribution in [0.2, 0.25) is 4.34 Å². The lowest BCUT2D eigenvalue weighted by Gasteiger charge is -2.06. The molecule has 0 saturated heterocycles.